The van der Waals surface area contributed by atoms with Crippen LogP contribution in [-0.4, -0.2) is 20.7 Å². The fraction of sp³-hybridized carbons (Fsp3) is 0.778. The van der Waals surface area contributed by atoms with E-state index in [0.29, 0.717) is 17.3 Å². The van der Waals surface area contributed by atoms with E-state index in [0.717, 1.165) is 0 Å². The van der Waals surface area contributed by atoms with Crippen molar-refractivity contribution in [2.75, 3.05) is 11.1 Å². The van der Waals surface area contributed by atoms with Crippen LogP contribution in [0.15, 0.2) is 0 Å². The lowest BCUT2D eigenvalue weighted by molar-refractivity contribution is 0.445. The van der Waals surface area contributed by atoms with Crippen LogP contribution >= 0.6 is 0 Å². The van der Waals surface area contributed by atoms with Crippen molar-refractivity contribution in [3.63, 3.8) is 0 Å². The van der Waals surface area contributed by atoms with Crippen LogP contribution in [-0.2, 0) is 0 Å². The molecule has 0 spiro atoms. The molecule has 0 aromatic carbocycles. The molecule has 0 aliphatic heterocycles. The number of aromatic amines is 1. The van der Waals surface area contributed by atoms with E-state index in [2.05, 4.69) is 27.4 Å². The predicted octanol–water partition coefficient (Wildman–Crippen LogP) is 1.13. The van der Waals surface area contributed by atoms with Crippen molar-refractivity contribution in [1.29, 1.82) is 0 Å². The molecule has 76 valence electrons. The minimum atomic E-state index is 0.266. The third-order valence-electron chi connectivity index (χ3n) is 3.76. The maximum Gasteiger partial charge on any atom is 0.244 e. The summed E-state index contributed by atoms with van der Waals surface area (Å²) in [7, 11) is 0. The van der Waals surface area contributed by atoms with Crippen molar-refractivity contribution in [2.24, 2.45) is 5.41 Å². The highest BCUT2D eigenvalue weighted by molar-refractivity contribution is 5.40. The molecule has 1 heterocycles. The molecule has 1 aromatic heterocycles. The van der Waals surface area contributed by atoms with Gasteiger partial charge in [0.05, 0.1) is 0 Å². The summed E-state index contributed by atoms with van der Waals surface area (Å²) in [5.74, 6) is 1.03. The summed E-state index contributed by atoms with van der Waals surface area (Å²) in [6.45, 7) is 2.34. The quantitative estimate of drug-likeness (QED) is 0.672. The Hall–Kier alpha value is -1.26. The minimum absolute atomic E-state index is 0.266. The molecular weight excluding hydrogens is 178 g/mol. The highest BCUT2D eigenvalue weighted by Gasteiger charge is 2.63. The Morgan fingerprint density at radius 3 is 2.50 bits per heavy atom. The molecule has 5 heteroatoms. The van der Waals surface area contributed by atoms with E-state index in [4.69, 9.17) is 5.73 Å². The summed E-state index contributed by atoms with van der Waals surface area (Å²) in [5.41, 5.74) is 6.21. The van der Waals surface area contributed by atoms with Crippen LogP contribution in [0.3, 0.4) is 0 Å². The van der Waals surface area contributed by atoms with Gasteiger partial charge in [-0.05, 0) is 31.1 Å². The maximum atomic E-state index is 5.47. The Bertz CT molecular complexity index is 361. The van der Waals surface area contributed by atoms with Crippen LogP contribution in [0.1, 0.15) is 32.6 Å². The summed E-state index contributed by atoms with van der Waals surface area (Å²) in [6, 6.07) is 0. The van der Waals surface area contributed by atoms with Gasteiger partial charge < -0.3 is 11.1 Å². The Labute approximate surface area is 82.5 Å². The van der Waals surface area contributed by atoms with Crippen molar-refractivity contribution < 1.29 is 0 Å². The summed E-state index contributed by atoms with van der Waals surface area (Å²) in [6.07, 6.45) is 5.11. The van der Waals surface area contributed by atoms with Crippen LogP contribution in [0.4, 0.5) is 11.9 Å². The number of anilines is 2. The Kier molecular flexibility index (Phi) is 1.28. The van der Waals surface area contributed by atoms with Crippen molar-refractivity contribution in [3.8, 4) is 0 Å². The van der Waals surface area contributed by atoms with Gasteiger partial charge in [0.15, 0.2) is 0 Å². The van der Waals surface area contributed by atoms with Crippen LogP contribution in [0.5, 0.6) is 0 Å². The van der Waals surface area contributed by atoms with Crippen molar-refractivity contribution in [3.05, 3.63) is 0 Å². The monoisotopic (exact) mass is 193 g/mol. The van der Waals surface area contributed by atoms with Gasteiger partial charge in [0.25, 0.3) is 0 Å². The summed E-state index contributed by atoms with van der Waals surface area (Å²) >= 11 is 0. The molecule has 1 aromatic rings. The lowest BCUT2D eigenvalue weighted by Gasteiger charge is -2.23. The Balaban J connectivity index is 1.78. The number of nitrogens with one attached hydrogen (secondary N) is 2. The molecule has 5 nitrogen and oxygen atoms in total. The number of hydrogen-bond acceptors (Lipinski definition) is 4. The second kappa shape index (κ2) is 2.21. The van der Waals surface area contributed by atoms with E-state index in [1.54, 1.807) is 0 Å². The number of nitrogen functional groups attached to an aromatic ring is 1. The first-order valence-corrected chi connectivity index (χ1v) is 5.10. The number of nitrogens with two attached hydrogens (primary N) is 1. The average Bonchev–Trinajstić information content (AvgIpc) is 3.00. The van der Waals surface area contributed by atoms with Gasteiger partial charge in [-0.25, -0.2) is 5.10 Å². The standard InChI is InChI=1S/C9H15N5/c1-8(2-3-8)9(4-5-9)12-7-11-6(10)13-14-7/h2-5H2,1H3,(H4,10,11,12,13,14). The molecule has 0 atom stereocenters. The smallest absolute Gasteiger partial charge is 0.244 e. The molecule has 2 aliphatic carbocycles. The van der Waals surface area contributed by atoms with E-state index < -0.39 is 0 Å². The van der Waals surface area contributed by atoms with E-state index in [-0.39, 0.29) is 5.54 Å². The molecule has 4 N–H and O–H groups in total. The van der Waals surface area contributed by atoms with Gasteiger partial charge in [-0.3, -0.25) is 0 Å². The molecular formula is C9H15N5. The summed E-state index contributed by atoms with van der Waals surface area (Å²) < 4.78 is 0. The molecule has 0 bridgehead atoms. The van der Waals surface area contributed by atoms with Gasteiger partial charge in [0.2, 0.25) is 11.9 Å². The fourth-order valence-corrected chi connectivity index (χ4v) is 2.21. The van der Waals surface area contributed by atoms with Gasteiger partial charge in [0.1, 0.15) is 0 Å². The van der Waals surface area contributed by atoms with Gasteiger partial charge >= 0.3 is 0 Å². The third-order valence-corrected chi connectivity index (χ3v) is 3.76. The van der Waals surface area contributed by atoms with Gasteiger partial charge in [-0.15, -0.1) is 5.10 Å². The largest absolute Gasteiger partial charge is 0.368 e. The Morgan fingerprint density at radius 1 is 1.36 bits per heavy atom. The number of aromatic nitrogens is 3. The molecule has 0 amide bonds. The summed E-state index contributed by atoms with van der Waals surface area (Å²) in [5, 5.41) is 10.1. The molecule has 0 radical (unpaired) electrons. The van der Waals surface area contributed by atoms with E-state index in [1.807, 2.05) is 0 Å². The minimum Gasteiger partial charge on any atom is -0.368 e. The zero-order valence-corrected chi connectivity index (χ0v) is 8.30. The van der Waals surface area contributed by atoms with Gasteiger partial charge in [-0.2, -0.15) is 4.98 Å². The SMILES string of the molecule is CC1(C2(Nc3n[nH]c(N)n3)CC2)CC1. The van der Waals surface area contributed by atoms with E-state index >= 15 is 0 Å². The predicted molar refractivity (Wildman–Crippen MR) is 53.7 cm³/mol. The number of rotatable bonds is 3. The first kappa shape index (κ1) is 8.08. The summed E-state index contributed by atoms with van der Waals surface area (Å²) in [4.78, 5) is 4.08. The average molecular weight is 193 g/mol. The van der Waals surface area contributed by atoms with Crippen LogP contribution in [0.2, 0.25) is 0 Å². The van der Waals surface area contributed by atoms with Crippen molar-refractivity contribution in [2.45, 2.75) is 38.1 Å². The third kappa shape index (κ3) is 1.01. The fourth-order valence-electron chi connectivity index (χ4n) is 2.21. The number of H-pyrrole nitrogens is 1. The molecule has 0 unspecified atom stereocenters. The molecule has 0 saturated heterocycles. The topological polar surface area (TPSA) is 79.6 Å². The first-order chi connectivity index (χ1) is 6.64. The van der Waals surface area contributed by atoms with Gasteiger partial charge in [0, 0.05) is 5.54 Å². The lowest BCUT2D eigenvalue weighted by atomic mass is 9.96. The van der Waals surface area contributed by atoms with Crippen LogP contribution < -0.4 is 11.1 Å². The molecule has 3 rings (SSSR count). The van der Waals surface area contributed by atoms with E-state index in [1.165, 1.54) is 25.7 Å². The molecule has 2 aliphatic rings. The molecule has 2 fully saturated rings. The maximum absolute atomic E-state index is 5.47. The zero-order valence-electron chi connectivity index (χ0n) is 8.30. The number of hydrogen-bond donors (Lipinski definition) is 3. The second-order valence-electron chi connectivity index (χ2n) is 4.81. The van der Waals surface area contributed by atoms with Crippen LogP contribution in [0.25, 0.3) is 0 Å². The Morgan fingerprint density at radius 2 is 2.07 bits per heavy atom. The van der Waals surface area contributed by atoms with Crippen LogP contribution in [0, 0.1) is 5.41 Å². The van der Waals surface area contributed by atoms with Gasteiger partial charge in [-0.1, -0.05) is 6.92 Å². The van der Waals surface area contributed by atoms with Crippen molar-refractivity contribution in [1.82, 2.24) is 15.2 Å². The van der Waals surface area contributed by atoms with E-state index in [9.17, 15) is 0 Å². The lowest BCUT2D eigenvalue weighted by Crippen LogP contribution is -2.31. The number of nitrogens with zero attached hydrogens (tertiary/aromatic N) is 2. The second-order valence-corrected chi connectivity index (χ2v) is 4.81. The highest BCUT2D eigenvalue weighted by Crippen LogP contribution is 2.64. The normalized spacial score (nSPS) is 25.8. The molecule has 14 heavy (non-hydrogen) atoms. The molecule has 2 saturated carbocycles. The zero-order chi connectivity index (χ0) is 9.81. The highest BCUT2D eigenvalue weighted by atomic mass is 15.3. The van der Waals surface area contributed by atoms with Crippen molar-refractivity contribution >= 4 is 11.9 Å². The first-order valence-electron chi connectivity index (χ1n) is 5.10.